The third kappa shape index (κ3) is 3.11. The van der Waals surface area contributed by atoms with Crippen LogP contribution in [0.15, 0.2) is 18.2 Å². The zero-order valence-corrected chi connectivity index (χ0v) is 11.6. The molecule has 0 unspecified atom stereocenters. The summed E-state index contributed by atoms with van der Waals surface area (Å²) in [6.07, 6.45) is 2.82. The number of nitrogens with zero attached hydrogens (tertiary/aromatic N) is 2. The van der Waals surface area contributed by atoms with E-state index in [-0.39, 0.29) is 0 Å². The molecule has 1 aliphatic rings. The molecule has 0 aliphatic carbocycles. The first kappa shape index (κ1) is 13.5. The van der Waals surface area contributed by atoms with E-state index in [0.29, 0.717) is 12.3 Å². The highest BCUT2D eigenvalue weighted by molar-refractivity contribution is 5.61. The minimum atomic E-state index is 0.547. The Hall–Kier alpha value is -1.89. The van der Waals surface area contributed by atoms with E-state index >= 15 is 0 Å². The van der Waals surface area contributed by atoms with E-state index in [0.717, 1.165) is 43.1 Å². The van der Waals surface area contributed by atoms with Gasteiger partial charge in [-0.05, 0) is 30.9 Å². The van der Waals surface area contributed by atoms with Gasteiger partial charge in [0.25, 0.3) is 0 Å². The van der Waals surface area contributed by atoms with Gasteiger partial charge in [0.1, 0.15) is 11.5 Å². The van der Waals surface area contributed by atoms with Crippen molar-refractivity contribution < 1.29 is 9.47 Å². The SMILES string of the molecule is COc1ccc(N2CCC(CC#N)CC2)c(OC)c1. The number of hydrogen-bond donors (Lipinski definition) is 0. The van der Waals surface area contributed by atoms with Gasteiger partial charge in [0, 0.05) is 25.6 Å². The van der Waals surface area contributed by atoms with Crippen molar-refractivity contribution in [3.8, 4) is 17.6 Å². The van der Waals surface area contributed by atoms with E-state index in [1.54, 1.807) is 14.2 Å². The third-order valence-electron chi connectivity index (χ3n) is 3.72. The summed E-state index contributed by atoms with van der Waals surface area (Å²) in [5.74, 6) is 2.20. The van der Waals surface area contributed by atoms with E-state index in [9.17, 15) is 0 Å². The fourth-order valence-electron chi connectivity index (χ4n) is 2.55. The zero-order valence-electron chi connectivity index (χ0n) is 11.6. The lowest BCUT2D eigenvalue weighted by atomic mass is 9.94. The van der Waals surface area contributed by atoms with Crippen LogP contribution in [-0.2, 0) is 0 Å². The maximum atomic E-state index is 8.74. The molecular formula is C15H20N2O2. The molecule has 4 heteroatoms. The van der Waals surface area contributed by atoms with Gasteiger partial charge in [0.2, 0.25) is 0 Å². The zero-order chi connectivity index (χ0) is 13.7. The second kappa shape index (κ2) is 6.33. The third-order valence-corrected chi connectivity index (χ3v) is 3.72. The van der Waals surface area contributed by atoms with Crippen LogP contribution >= 0.6 is 0 Å². The van der Waals surface area contributed by atoms with Gasteiger partial charge in [-0.2, -0.15) is 5.26 Å². The van der Waals surface area contributed by atoms with Gasteiger partial charge in [0.05, 0.1) is 26.0 Å². The molecule has 0 bridgehead atoms. The minimum Gasteiger partial charge on any atom is -0.497 e. The highest BCUT2D eigenvalue weighted by Crippen LogP contribution is 2.34. The maximum Gasteiger partial charge on any atom is 0.145 e. The first-order valence-corrected chi connectivity index (χ1v) is 6.62. The first-order valence-electron chi connectivity index (χ1n) is 6.62. The summed E-state index contributed by atoms with van der Waals surface area (Å²) in [5.41, 5.74) is 1.11. The van der Waals surface area contributed by atoms with E-state index < -0.39 is 0 Å². The Bertz CT molecular complexity index is 460. The van der Waals surface area contributed by atoms with Gasteiger partial charge in [0.15, 0.2) is 0 Å². The van der Waals surface area contributed by atoms with Gasteiger partial charge >= 0.3 is 0 Å². The monoisotopic (exact) mass is 260 g/mol. The van der Waals surface area contributed by atoms with Gasteiger partial charge in [-0.3, -0.25) is 0 Å². The van der Waals surface area contributed by atoms with Crippen LogP contribution in [0.25, 0.3) is 0 Å². The van der Waals surface area contributed by atoms with Crippen LogP contribution < -0.4 is 14.4 Å². The average Bonchev–Trinajstić information content (AvgIpc) is 2.48. The van der Waals surface area contributed by atoms with Crippen LogP contribution in [0.2, 0.25) is 0 Å². The van der Waals surface area contributed by atoms with Crippen LogP contribution in [0.1, 0.15) is 19.3 Å². The van der Waals surface area contributed by atoms with Crippen LogP contribution in [-0.4, -0.2) is 27.3 Å². The Kier molecular flexibility index (Phi) is 4.51. The van der Waals surface area contributed by atoms with Crippen molar-refractivity contribution in [3.05, 3.63) is 18.2 Å². The van der Waals surface area contributed by atoms with Crippen LogP contribution in [0.5, 0.6) is 11.5 Å². The predicted molar refractivity (Wildman–Crippen MR) is 74.7 cm³/mol. The number of nitriles is 1. The second-order valence-corrected chi connectivity index (χ2v) is 4.83. The molecule has 102 valence electrons. The molecule has 2 rings (SSSR count). The molecule has 0 atom stereocenters. The Balaban J connectivity index is 2.09. The van der Waals surface area contributed by atoms with Crippen molar-refractivity contribution in [2.24, 2.45) is 5.92 Å². The van der Waals surface area contributed by atoms with Crippen molar-refractivity contribution in [1.82, 2.24) is 0 Å². The Morgan fingerprint density at radius 2 is 2.00 bits per heavy atom. The molecule has 1 fully saturated rings. The second-order valence-electron chi connectivity index (χ2n) is 4.83. The van der Waals surface area contributed by atoms with Crippen LogP contribution in [0, 0.1) is 17.2 Å². The van der Waals surface area contributed by atoms with Gasteiger partial charge in [-0.15, -0.1) is 0 Å². The molecule has 0 aromatic heterocycles. The largest absolute Gasteiger partial charge is 0.497 e. The lowest BCUT2D eigenvalue weighted by Gasteiger charge is -2.33. The molecule has 0 N–H and O–H groups in total. The quantitative estimate of drug-likeness (QED) is 0.835. The summed E-state index contributed by atoms with van der Waals surface area (Å²) in [4.78, 5) is 2.33. The number of anilines is 1. The molecule has 1 saturated heterocycles. The summed E-state index contributed by atoms with van der Waals surface area (Å²) < 4.78 is 10.7. The number of hydrogen-bond acceptors (Lipinski definition) is 4. The normalized spacial score (nSPS) is 15.9. The number of rotatable bonds is 4. The van der Waals surface area contributed by atoms with E-state index in [2.05, 4.69) is 11.0 Å². The Morgan fingerprint density at radius 1 is 1.26 bits per heavy atom. The molecule has 19 heavy (non-hydrogen) atoms. The topological polar surface area (TPSA) is 45.5 Å². The van der Waals surface area contributed by atoms with Crippen molar-refractivity contribution in [2.45, 2.75) is 19.3 Å². The number of benzene rings is 1. The molecule has 4 nitrogen and oxygen atoms in total. The smallest absolute Gasteiger partial charge is 0.145 e. The highest BCUT2D eigenvalue weighted by atomic mass is 16.5. The lowest BCUT2D eigenvalue weighted by Crippen LogP contribution is -2.33. The summed E-state index contributed by atoms with van der Waals surface area (Å²) in [6, 6.07) is 8.18. The van der Waals surface area contributed by atoms with Gasteiger partial charge in [-0.25, -0.2) is 0 Å². The first-order chi connectivity index (χ1) is 9.28. The Labute approximate surface area is 114 Å². The molecule has 1 aromatic carbocycles. The summed E-state index contributed by atoms with van der Waals surface area (Å²) in [5, 5.41) is 8.74. The van der Waals surface area contributed by atoms with Crippen molar-refractivity contribution in [3.63, 3.8) is 0 Å². The molecule has 0 spiro atoms. The van der Waals surface area contributed by atoms with E-state index in [1.165, 1.54) is 0 Å². The molecule has 1 aliphatic heterocycles. The van der Waals surface area contributed by atoms with Crippen molar-refractivity contribution in [1.29, 1.82) is 5.26 Å². The molecular weight excluding hydrogens is 240 g/mol. The summed E-state index contributed by atoms with van der Waals surface area (Å²) in [7, 11) is 3.34. The van der Waals surface area contributed by atoms with Crippen LogP contribution in [0.4, 0.5) is 5.69 Å². The predicted octanol–water partition coefficient (Wildman–Crippen LogP) is 2.83. The molecule has 0 saturated carbocycles. The number of piperidine rings is 1. The molecule has 1 heterocycles. The minimum absolute atomic E-state index is 0.547. The lowest BCUT2D eigenvalue weighted by molar-refractivity contribution is 0.386. The summed E-state index contributed by atoms with van der Waals surface area (Å²) in [6.45, 7) is 1.96. The number of methoxy groups -OCH3 is 2. The van der Waals surface area contributed by atoms with Crippen molar-refractivity contribution in [2.75, 3.05) is 32.2 Å². The average molecular weight is 260 g/mol. The van der Waals surface area contributed by atoms with Gasteiger partial charge < -0.3 is 14.4 Å². The fourth-order valence-corrected chi connectivity index (χ4v) is 2.55. The summed E-state index contributed by atoms with van der Waals surface area (Å²) >= 11 is 0. The molecule has 0 amide bonds. The van der Waals surface area contributed by atoms with Crippen LogP contribution in [0.3, 0.4) is 0 Å². The van der Waals surface area contributed by atoms with Crippen molar-refractivity contribution >= 4 is 5.69 Å². The van der Waals surface area contributed by atoms with E-state index in [1.807, 2.05) is 18.2 Å². The number of ether oxygens (including phenoxy) is 2. The highest BCUT2D eigenvalue weighted by Gasteiger charge is 2.21. The molecule has 0 radical (unpaired) electrons. The molecule has 1 aromatic rings. The van der Waals surface area contributed by atoms with Gasteiger partial charge in [-0.1, -0.05) is 0 Å². The maximum absolute atomic E-state index is 8.74. The fraction of sp³-hybridized carbons (Fsp3) is 0.533. The van der Waals surface area contributed by atoms with E-state index in [4.69, 9.17) is 14.7 Å². The Morgan fingerprint density at radius 3 is 2.58 bits per heavy atom. The standard InChI is InChI=1S/C15H20N2O2/c1-18-13-3-4-14(15(11-13)19-2)17-9-6-12(5-8-16)7-10-17/h3-4,11-12H,5-7,9-10H2,1-2H3.